The third-order valence-electron chi connectivity index (χ3n) is 5.21. The van der Waals surface area contributed by atoms with Crippen LogP contribution in [-0.4, -0.2) is 44.9 Å². The lowest BCUT2D eigenvalue weighted by molar-refractivity contribution is -0.156. The third kappa shape index (κ3) is 5.58. The summed E-state index contributed by atoms with van der Waals surface area (Å²) in [6.07, 6.45) is -1.23. The number of rotatable bonds is 7. The van der Waals surface area contributed by atoms with Crippen LogP contribution in [0.15, 0.2) is 53.4 Å². The van der Waals surface area contributed by atoms with E-state index in [1.807, 2.05) is 6.92 Å². The van der Waals surface area contributed by atoms with E-state index in [1.165, 1.54) is 24.0 Å². The zero-order chi connectivity index (χ0) is 24.3. The van der Waals surface area contributed by atoms with Crippen LogP contribution >= 0.6 is 0 Å². The number of amides is 2. The third-order valence-corrected chi connectivity index (χ3v) is 6.67. The Bertz CT molecular complexity index is 1160. The molecule has 1 heterocycles. The Morgan fingerprint density at radius 1 is 1.06 bits per heavy atom. The summed E-state index contributed by atoms with van der Waals surface area (Å²) in [6.45, 7) is 6.34. The van der Waals surface area contributed by atoms with E-state index in [2.05, 4.69) is 10.0 Å². The molecule has 0 spiro atoms. The van der Waals surface area contributed by atoms with Crippen molar-refractivity contribution in [2.45, 2.75) is 44.7 Å². The first kappa shape index (κ1) is 24.4. The molecular weight excluding hydrogens is 446 g/mol. The van der Waals surface area contributed by atoms with Crippen molar-refractivity contribution in [1.29, 1.82) is 0 Å². The minimum atomic E-state index is -3.99. The van der Waals surface area contributed by atoms with E-state index in [0.29, 0.717) is 11.4 Å². The average Bonchev–Trinajstić information content (AvgIpc) is 2.76. The first-order valence-corrected chi connectivity index (χ1v) is 12.0. The van der Waals surface area contributed by atoms with Crippen LogP contribution in [-0.2, 0) is 29.1 Å². The highest BCUT2D eigenvalue weighted by atomic mass is 32.2. The molecule has 0 aromatic heterocycles. The Kier molecular flexibility index (Phi) is 7.19. The van der Waals surface area contributed by atoms with Crippen molar-refractivity contribution in [1.82, 2.24) is 4.72 Å². The summed E-state index contributed by atoms with van der Waals surface area (Å²) in [5, 5.41) is 2.69. The molecule has 0 aliphatic carbocycles. The number of fused-ring (bicyclic) bond motifs is 1. The van der Waals surface area contributed by atoms with Crippen molar-refractivity contribution >= 4 is 39.2 Å². The summed E-state index contributed by atoms with van der Waals surface area (Å²) in [4.78, 5) is 39.1. The molecule has 3 rings (SSSR count). The standard InChI is InChI=1S/C23H27N3O6S/c1-14(2)21(25-33(30,31)17-11-9-15(3)10-12-17)23(29)32-16(4)22(28)26-13-20(27)24-18-7-5-6-8-19(18)26/h5-12,14,16,21,25H,13H2,1-4H3,(H,24,27)/t16-,21+/m0/s1. The molecule has 9 nitrogen and oxygen atoms in total. The molecule has 2 aromatic carbocycles. The summed E-state index contributed by atoms with van der Waals surface area (Å²) in [5.41, 5.74) is 1.87. The second kappa shape index (κ2) is 9.72. The van der Waals surface area contributed by atoms with E-state index in [-0.39, 0.29) is 17.3 Å². The van der Waals surface area contributed by atoms with Gasteiger partial charge in [-0.1, -0.05) is 43.7 Å². The summed E-state index contributed by atoms with van der Waals surface area (Å²) < 4.78 is 33.3. The molecule has 0 saturated heterocycles. The van der Waals surface area contributed by atoms with E-state index in [4.69, 9.17) is 4.74 Å². The molecule has 176 valence electrons. The quantitative estimate of drug-likeness (QED) is 0.595. The smallest absolute Gasteiger partial charge is 0.325 e. The highest BCUT2D eigenvalue weighted by molar-refractivity contribution is 7.89. The average molecular weight is 474 g/mol. The summed E-state index contributed by atoms with van der Waals surface area (Å²) in [6, 6.07) is 11.8. The lowest BCUT2D eigenvalue weighted by atomic mass is 10.1. The van der Waals surface area contributed by atoms with Crippen LogP contribution < -0.4 is 14.9 Å². The van der Waals surface area contributed by atoms with Crippen molar-refractivity contribution in [3.8, 4) is 0 Å². The molecule has 10 heteroatoms. The maximum atomic E-state index is 13.0. The van der Waals surface area contributed by atoms with Gasteiger partial charge in [0.25, 0.3) is 5.91 Å². The fraction of sp³-hybridized carbons (Fsp3) is 0.348. The number of sulfonamides is 1. The number of ether oxygens (including phenoxy) is 1. The number of hydrogen-bond acceptors (Lipinski definition) is 6. The number of carbonyl (C=O) groups excluding carboxylic acids is 3. The summed E-state index contributed by atoms with van der Waals surface area (Å²) >= 11 is 0. The van der Waals surface area contributed by atoms with E-state index < -0.39 is 40.0 Å². The zero-order valence-corrected chi connectivity index (χ0v) is 19.7. The Hall–Kier alpha value is -3.24. The Morgan fingerprint density at radius 2 is 1.70 bits per heavy atom. The molecule has 2 amide bonds. The number of nitrogens with one attached hydrogen (secondary N) is 2. The van der Waals surface area contributed by atoms with E-state index >= 15 is 0 Å². The molecule has 2 atom stereocenters. The number of carbonyl (C=O) groups is 3. The molecule has 0 bridgehead atoms. The fourth-order valence-electron chi connectivity index (χ4n) is 3.36. The molecule has 33 heavy (non-hydrogen) atoms. The first-order valence-electron chi connectivity index (χ1n) is 10.5. The number of aryl methyl sites for hydroxylation is 1. The normalized spacial score (nSPS) is 15.4. The van der Waals surface area contributed by atoms with Crippen molar-refractivity contribution < 1.29 is 27.5 Å². The van der Waals surface area contributed by atoms with Gasteiger partial charge in [0.1, 0.15) is 12.6 Å². The Labute approximate surface area is 193 Å². The van der Waals surface area contributed by atoms with Gasteiger partial charge in [-0.25, -0.2) is 8.42 Å². The lowest BCUT2D eigenvalue weighted by Gasteiger charge is -2.31. The van der Waals surface area contributed by atoms with Crippen LogP contribution in [0, 0.1) is 12.8 Å². The largest absolute Gasteiger partial charge is 0.451 e. The molecular formula is C23H27N3O6S. The van der Waals surface area contributed by atoms with Crippen molar-refractivity contribution in [3.63, 3.8) is 0 Å². The van der Waals surface area contributed by atoms with Crippen LogP contribution in [0.4, 0.5) is 11.4 Å². The van der Waals surface area contributed by atoms with E-state index in [1.54, 1.807) is 50.2 Å². The monoisotopic (exact) mass is 473 g/mol. The molecule has 0 fully saturated rings. The van der Waals surface area contributed by atoms with Crippen LogP contribution in [0.3, 0.4) is 0 Å². The molecule has 0 saturated carbocycles. The second-order valence-electron chi connectivity index (χ2n) is 8.22. The van der Waals surface area contributed by atoms with Gasteiger partial charge in [-0.15, -0.1) is 0 Å². The number of nitrogens with zero attached hydrogens (tertiary/aromatic N) is 1. The SMILES string of the molecule is Cc1ccc(S(=O)(=O)N[C@@H](C(=O)O[C@@H](C)C(=O)N2CC(=O)Nc3ccccc32)C(C)C)cc1. The highest BCUT2D eigenvalue weighted by Crippen LogP contribution is 2.29. The van der Waals surface area contributed by atoms with Gasteiger partial charge in [0.05, 0.1) is 16.3 Å². The van der Waals surface area contributed by atoms with E-state index in [0.717, 1.165) is 5.56 Å². The topological polar surface area (TPSA) is 122 Å². The van der Waals surface area contributed by atoms with Gasteiger partial charge in [0.2, 0.25) is 15.9 Å². The number of anilines is 2. The van der Waals surface area contributed by atoms with Gasteiger partial charge >= 0.3 is 5.97 Å². The minimum Gasteiger partial charge on any atom is -0.451 e. The highest BCUT2D eigenvalue weighted by Gasteiger charge is 2.35. The van der Waals surface area contributed by atoms with E-state index in [9.17, 15) is 22.8 Å². The van der Waals surface area contributed by atoms with Gasteiger partial charge in [-0.3, -0.25) is 19.3 Å². The first-order chi connectivity index (χ1) is 15.5. The number of hydrogen-bond donors (Lipinski definition) is 2. The maximum Gasteiger partial charge on any atom is 0.325 e. The maximum absolute atomic E-state index is 13.0. The molecule has 1 aliphatic heterocycles. The predicted octanol–water partition coefficient (Wildman–Crippen LogP) is 2.21. The van der Waals surface area contributed by atoms with Gasteiger partial charge < -0.3 is 10.1 Å². The Balaban J connectivity index is 1.74. The van der Waals surface area contributed by atoms with Gasteiger partial charge in [-0.2, -0.15) is 4.72 Å². The second-order valence-corrected chi connectivity index (χ2v) is 9.94. The van der Waals surface area contributed by atoms with Crippen molar-refractivity contribution in [2.24, 2.45) is 5.92 Å². The zero-order valence-electron chi connectivity index (χ0n) is 18.9. The van der Waals surface area contributed by atoms with Gasteiger partial charge in [0, 0.05) is 0 Å². The molecule has 2 N–H and O–H groups in total. The van der Waals surface area contributed by atoms with Crippen molar-refractivity contribution in [2.75, 3.05) is 16.8 Å². The fourth-order valence-corrected chi connectivity index (χ4v) is 4.69. The predicted molar refractivity (Wildman–Crippen MR) is 123 cm³/mol. The van der Waals surface area contributed by atoms with Gasteiger partial charge in [0.15, 0.2) is 6.10 Å². The summed E-state index contributed by atoms with van der Waals surface area (Å²) in [7, 11) is -3.99. The van der Waals surface area contributed by atoms with Crippen LogP contribution in [0.2, 0.25) is 0 Å². The number of para-hydroxylation sites is 2. The number of esters is 1. The Morgan fingerprint density at radius 3 is 2.33 bits per heavy atom. The molecule has 1 aliphatic rings. The minimum absolute atomic E-state index is 0.0200. The summed E-state index contributed by atoms with van der Waals surface area (Å²) in [5.74, 6) is -2.28. The molecule has 2 aromatic rings. The number of benzene rings is 2. The van der Waals surface area contributed by atoms with Crippen LogP contribution in [0.1, 0.15) is 26.3 Å². The van der Waals surface area contributed by atoms with Gasteiger partial charge in [-0.05, 0) is 44.0 Å². The molecule has 0 unspecified atom stereocenters. The van der Waals surface area contributed by atoms with Crippen LogP contribution in [0.5, 0.6) is 0 Å². The molecule has 0 radical (unpaired) electrons. The lowest BCUT2D eigenvalue weighted by Crippen LogP contribution is -2.50. The van der Waals surface area contributed by atoms with Crippen molar-refractivity contribution in [3.05, 3.63) is 54.1 Å². The van der Waals surface area contributed by atoms with Crippen LogP contribution in [0.25, 0.3) is 0 Å².